The van der Waals surface area contributed by atoms with Gasteiger partial charge in [-0.3, -0.25) is 0 Å². The second-order valence-electron chi connectivity index (χ2n) is 6.36. The van der Waals surface area contributed by atoms with Gasteiger partial charge in [-0.1, -0.05) is 6.07 Å². The summed E-state index contributed by atoms with van der Waals surface area (Å²) in [6.45, 7) is 10.1. The van der Waals surface area contributed by atoms with Crippen LogP contribution in [0.15, 0.2) is 38.9 Å². The molecule has 1 aliphatic rings. The zero-order valence-corrected chi connectivity index (χ0v) is 15.7. The van der Waals surface area contributed by atoms with Crippen molar-refractivity contribution in [2.75, 3.05) is 36.0 Å². The molecule has 3 heterocycles. The van der Waals surface area contributed by atoms with E-state index in [0.29, 0.717) is 11.1 Å². The van der Waals surface area contributed by atoms with Crippen LogP contribution < -0.4 is 15.4 Å². The number of hydrogen-bond donors (Lipinski definition) is 0. The van der Waals surface area contributed by atoms with E-state index in [1.807, 2.05) is 24.4 Å². The number of likely N-dealkylation sites (N-methyl/N-ethyl adjacent to an activating group) is 2. The molecule has 1 aromatic carbocycles. The number of hydrogen-bond acceptors (Lipinski definition) is 5. The molecule has 130 valence electrons. The van der Waals surface area contributed by atoms with E-state index in [2.05, 4.69) is 35.8 Å². The van der Waals surface area contributed by atoms with Crippen molar-refractivity contribution in [3.05, 3.63) is 45.6 Å². The van der Waals surface area contributed by atoms with Crippen LogP contribution in [-0.2, 0) is 0 Å². The molecule has 5 heteroatoms. The summed E-state index contributed by atoms with van der Waals surface area (Å²) in [5.74, 6) is 0. The normalized spacial score (nSPS) is 14.2. The minimum atomic E-state index is -0.248. The van der Waals surface area contributed by atoms with Gasteiger partial charge in [0.15, 0.2) is 0 Å². The first-order chi connectivity index (χ1) is 12.1. The Labute approximate surface area is 151 Å². The molecule has 0 N–H and O–H groups in total. The van der Waals surface area contributed by atoms with Crippen molar-refractivity contribution in [3.63, 3.8) is 0 Å². The summed E-state index contributed by atoms with van der Waals surface area (Å²) in [6.07, 6.45) is 0. The maximum absolute atomic E-state index is 12.4. The zero-order valence-electron chi connectivity index (χ0n) is 14.8. The van der Waals surface area contributed by atoms with E-state index in [1.54, 1.807) is 11.3 Å². The molecule has 0 spiro atoms. The Balaban J connectivity index is 2.07. The number of nitrogens with zero attached hydrogens (tertiary/aromatic N) is 2. The zero-order chi connectivity index (χ0) is 17.6. The Morgan fingerprint density at radius 3 is 2.40 bits per heavy atom. The van der Waals surface area contributed by atoms with Gasteiger partial charge in [0.05, 0.1) is 11.4 Å². The smallest absolute Gasteiger partial charge is 0.339 e. The van der Waals surface area contributed by atoms with E-state index < -0.39 is 0 Å². The highest BCUT2D eigenvalue weighted by Gasteiger charge is 2.24. The van der Waals surface area contributed by atoms with E-state index in [9.17, 15) is 4.79 Å². The van der Waals surface area contributed by atoms with Gasteiger partial charge in [-0.25, -0.2) is 4.79 Å². The fourth-order valence-electron chi connectivity index (χ4n) is 3.70. The summed E-state index contributed by atoms with van der Waals surface area (Å²) in [7, 11) is 0. The highest BCUT2D eigenvalue weighted by atomic mass is 32.1. The monoisotopic (exact) mass is 354 g/mol. The maximum atomic E-state index is 12.4. The summed E-state index contributed by atoms with van der Waals surface area (Å²) in [5, 5.41) is 3.07. The molecule has 0 radical (unpaired) electrons. The molecule has 0 fully saturated rings. The van der Waals surface area contributed by atoms with Crippen LogP contribution in [0.5, 0.6) is 0 Å². The van der Waals surface area contributed by atoms with Crippen LogP contribution in [0, 0.1) is 6.92 Å². The fourth-order valence-corrected chi connectivity index (χ4v) is 4.54. The Morgan fingerprint density at radius 2 is 1.80 bits per heavy atom. The molecular formula is C20H22N2O2S. The lowest BCUT2D eigenvalue weighted by Gasteiger charge is -2.38. The van der Waals surface area contributed by atoms with Gasteiger partial charge in [-0.15, -0.1) is 11.3 Å². The van der Waals surface area contributed by atoms with Crippen LogP contribution in [0.4, 0.5) is 11.4 Å². The molecule has 0 atom stereocenters. The van der Waals surface area contributed by atoms with Gasteiger partial charge in [-0.05, 0) is 38.3 Å². The highest BCUT2D eigenvalue weighted by molar-refractivity contribution is 7.13. The summed E-state index contributed by atoms with van der Waals surface area (Å²) >= 11 is 1.66. The van der Waals surface area contributed by atoms with Crippen molar-refractivity contribution < 1.29 is 4.42 Å². The first-order valence-corrected chi connectivity index (χ1v) is 9.67. The molecule has 0 amide bonds. The standard InChI is InChI=1S/C20H22N2O2S/c1-4-21-8-9-22(5-2)16-12-17-14(11-15(16)21)19(13(3)20(23)24-17)18-7-6-10-25-18/h6-7,10-12H,4-5,8-9H2,1-3H3. The molecule has 2 aromatic heterocycles. The molecule has 0 saturated heterocycles. The molecule has 0 saturated carbocycles. The van der Waals surface area contributed by atoms with E-state index in [0.717, 1.165) is 47.7 Å². The third kappa shape index (κ3) is 2.54. The van der Waals surface area contributed by atoms with Gasteiger partial charge in [0.1, 0.15) is 5.58 Å². The molecule has 4 rings (SSSR count). The van der Waals surface area contributed by atoms with Crippen molar-refractivity contribution >= 4 is 33.7 Å². The largest absolute Gasteiger partial charge is 0.422 e. The molecule has 4 nitrogen and oxygen atoms in total. The second kappa shape index (κ2) is 6.23. The average Bonchev–Trinajstić information content (AvgIpc) is 3.14. The van der Waals surface area contributed by atoms with Crippen molar-refractivity contribution in [1.82, 2.24) is 0 Å². The number of fused-ring (bicyclic) bond motifs is 2. The Hall–Kier alpha value is -2.27. The van der Waals surface area contributed by atoms with Crippen molar-refractivity contribution in [1.29, 1.82) is 0 Å². The summed E-state index contributed by atoms with van der Waals surface area (Å²) in [6, 6.07) is 8.35. The number of anilines is 2. The minimum absolute atomic E-state index is 0.248. The van der Waals surface area contributed by atoms with Gasteiger partial charge in [-0.2, -0.15) is 0 Å². The van der Waals surface area contributed by atoms with Crippen molar-refractivity contribution in [2.24, 2.45) is 0 Å². The van der Waals surface area contributed by atoms with Crippen LogP contribution in [0.3, 0.4) is 0 Å². The molecular weight excluding hydrogens is 332 g/mol. The third-order valence-electron chi connectivity index (χ3n) is 5.08. The van der Waals surface area contributed by atoms with E-state index in [-0.39, 0.29) is 5.63 Å². The fraction of sp³-hybridized carbons (Fsp3) is 0.350. The first-order valence-electron chi connectivity index (χ1n) is 8.79. The van der Waals surface area contributed by atoms with Crippen molar-refractivity contribution in [3.8, 4) is 10.4 Å². The van der Waals surface area contributed by atoms with Gasteiger partial charge in [0.25, 0.3) is 0 Å². The SMILES string of the molecule is CCN1CCN(CC)c2cc3c(-c4cccs4)c(C)c(=O)oc3cc21. The van der Waals surface area contributed by atoms with Crippen LogP contribution in [-0.4, -0.2) is 26.2 Å². The molecule has 0 aliphatic carbocycles. The van der Waals surface area contributed by atoms with Crippen molar-refractivity contribution in [2.45, 2.75) is 20.8 Å². The van der Waals surface area contributed by atoms with E-state index >= 15 is 0 Å². The molecule has 0 bridgehead atoms. The lowest BCUT2D eigenvalue weighted by Crippen LogP contribution is -2.40. The van der Waals surface area contributed by atoms with E-state index in [4.69, 9.17) is 4.42 Å². The van der Waals surface area contributed by atoms with E-state index in [1.165, 1.54) is 5.69 Å². The summed E-state index contributed by atoms with van der Waals surface area (Å²) < 4.78 is 5.66. The predicted molar refractivity (Wildman–Crippen MR) is 106 cm³/mol. The first kappa shape index (κ1) is 16.2. The average molecular weight is 354 g/mol. The van der Waals surface area contributed by atoms with Crippen LogP contribution in [0.25, 0.3) is 21.4 Å². The Bertz CT molecular complexity index is 976. The Morgan fingerprint density at radius 1 is 1.12 bits per heavy atom. The van der Waals surface area contributed by atoms with Crippen LogP contribution >= 0.6 is 11.3 Å². The highest BCUT2D eigenvalue weighted by Crippen LogP contribution is 2.41. The minimum Gasteiger partial charge on any atom is -0.422 e. The summed E-state index contributed by atoms with van der Waals surface area (Å²) in [5.41, 5.74) is 4.51. The topological polar surface area (TPSA) is 36.7 Å². The molecule has 25 heavy (non-hydrogen) atoms. The third-order valence-corrected chi connectivity index (χ3v) is 5.97. The van der Waals surface area contributed by atoms with Gasteiger partial charge >= 0.3 is 5.63 Å². The lowest BCUT2D eigenvalue weighted by atomic mass is 10.0. The Kier molecular flexibility index (Phi) is 4.04. The molecule has 1 aliphatic heterocycles. The number of benzene rings is 1. The van der Waals surface area contributed by atoms with Crippen LogP contribution in [0.1, 0.15) is 19.4 Å². The maximum Gasteiger partial charge on any atom is 0.339 e. The summed E-state index contributed by atoms with van der Waals surface area (Å²) in [4.78, 5) is 18.3. The lowest BCUT2D eigenvalue weighted by molar-refractivity contribution is 0.555. The van der Waals surface area contributed by atoms with Crippen LogP contribution in [0.2, 0.25) is 0 Å². The van der Waals surface area contributed by atoms with Gasteiger partial charge in [0.2, 0.25) is 0 Å². The number of rotatable bonds is 3. The second-order valence-corrected chi connectivity index (χ2v) is 7.31. The quantitative estimate of drug-likeness (QED) is 0.649. The predicted octanol–water partition coefficient (Wildman–Crippen LogP) is 4.50. The number of thiophene rings is 1. The molecule has 3 aromatic rings. The van der Waals surface area contributed by atoms with Gasteiger partial charge in [0, 0.05) is 53.6 Å². The molecule has 0 unspecified atom stereocenters. The van der Waals surface area contributed by atoms with Gasteiger partial charge < -0.3 is 14.2 Å².